The molecule has 0 saturated heterocycles. The molecule has 0 amide bonds. The molecule has 1 atom stereocenters. The zero-order valence-electron chi connectivity index (χ0n) is 9.86. The Kier molecular flexibility index (Phi) is 4.79. The van der Waals surface area contributed by atoms with Gasteiger partial charge in [0, 0.05) is 13.2 Å². The van der Waals surface area contributed by atoms with E-state index in [9.17, 15) is 0 Å². The summed E-state index contributed by atoms with van der Waals surface area (Å²) < 4.78 is 5.77. The summed E-state index contributed by atoms with van der Waals surface area (Å²) in [7, 11) is 0. The molecule has 1 aromatic carbocycles. The Bertz CT molecular complexity index is 296. The van der Waals surface area contributed by atoms with Crippen LogP contribution in [0.1, 0.15) is 31.1 Å². The van der Waals surface area contributed by atoms with Gasteiger partial charge in [-0.1, -0.05) is 43.7 Å². The van der Waals surface area contributed by atoms with Crippen LogP contribution in [0.3, 0.4) is 0 Å². The fourth-order valence-corrected chi connectivity index (χ4v) is 1.48. The quantitative estimate of drug-likeness (QED) is 0.805. The van der Waals surface area contributed by atoms with E-state index in [0.29, 0.717) is 12.5 Å². The first kappa shape index (κ1) is 12.2. The van der Waals surface area contributed by atoms with Gasteiger partial charge >= 0.3 is 0 Å². The number of hydrogen-bond donors (Lipinski definition) is 1. The van der Waals surface area contributed by atoms with Crippen molar-refractivity contribution >= 4 is 0 Å². The zero-order chi connectivity index (χ0) is 11.3. The van der Waals surface area contributed by atoms with Gasteiger partial charge in [0.15, 0.2) is 0 Å². The van der Waals surface area contributed by atoms with Crippen LogP contribution in [0.5, 0.6) is 0 Å². The standard InChI is InChI=1S/C13H21NO/c1-10(2)9-15-13(8-14)12-6-4-5-11(3)7-12/h4-7,10,13H,8-9,14H2,1-3H3. The average molecular weight is 207 g/mol. The molecule has 2 N–H and O–H groups in total. The summed E-state index contributed by atoms with van der Waals surface area (Å²) in [5, 5.41) is 0. The molecule has 1 unspecified atom stereocenters. The molecule has 2 nitrogen and oxygen atoms in total. The summed E-state index contributed by atoms with van der Waals surface area (Å²) in [4.78, 5) is 0. The molecule has 0 spiro atoms. The second-order valence-corrected chi connectivity index (χ2v) is 4.37. The third-order valence-electron chi connectivity index (χ3n) is 2.26. The lowest BCUT2D eigenvalue weighted by atomic mass is 10.1. The molecule has 1 aromatic rings. The van der Waals surface area contributed by atoms with Crippen LogP contribution in [-0.4, -0.2) is 13.2 Å². The fourth-order valence-electron chi connectivity index (χ4n) is 1.48. The predicted octanol–water partition coefficient (Wildman–Crippen LogP) is 2.67. The first-order valence-electron chi connectivity index (χ1n) is 5.51. The SMILES string of the molecule is Cc1cccc(C(CN)OCC(C)C)c1. The molecule has 0 aliphatic carbocycles. The maximum Gasteiger partial charge on any atom is 0.0947 e. The van der Waals surface area contributed by atoms with Crippen molar-refractivity contribution < 1.29 is 4.74 Å². The van der Waals surface area contributed by atoms with Gasteiger partial charge in [0.05, 0.1) is 6.10 Å². The molecule has 0 heterocycles. The highest BCUT2D eigenvalue weighted by molar-refractivity contribution is 5.24. The van der Waals surface area contributed by atoms with Crippen molar-refractivity contribution in [1.29, 1.82) is 0 Å². The molecule has 0 radical (unpaired) electrons. The van der Waals surface area contributed by atoms with E-state index in [1.54, 1.807) is 0 Å². The van der Waals surface area contributed by atoms with E-state index >= 15 is 0 Å². The van der Waals surface area contributed by atoms with Gasteiger partial charge in [0.25, 0.3) is 0 Å². The lowest BCUT2D eigenvalue weighted by Crippen LogP contribution is -2.18. The van der Waals surface area contributed by atoms with Gasteiger partial charge in [-0.2, -0.15) is 0 Å². The summed E-state index contributed by atoms with van der Waals surface area (Å²) in [6, 6.07) is 8.34. The molecule has 1 rings (SSSR count). The number of rotatable bonds is 5. The van der Waals surface area contributed by atoms with Crippen molar-refractivity contribution in [3.8, 4) is 0 Å². The van der Waals surface area contributed by atoms with Crippen molar-refractivity contribution in [2.45, 2.75) is 26.9 Å². The van der Waals surface area contributed by atoms with E-state index < -0.39 is 0 Å². The number of ether oxygens (including phenoxy) is 1. The predicted molar refractivity (Wildman–Crippen MR) is 63.8 cm³/mol. The highest BCUT2D eigenvalue weighted by Gasteiger charge is 2.10. The van der Waals surface area contributed by atoms with Crippen molar-refractivity contribution in [3.05, 3.63) is 35.4 Å². The summed E-state index contributed by atoms with van der Waals surface area (Å²) in [5.41, 5.74) is 8.14. The molecular weight excluding hydrogens is 186 g/mol. The van der Waals surface area contributed by atoms with Gasteiger partial charge in [0.1, 0.15) is 0 Å². The third-order valence-corrected chi connectivity index (χ3v) is 2.26. The van der Waals surface area contributed by atoms with E-state index in [4.69, 9.17) is 10.5 Å². The average Bonchev–Trinajstić information content (AvgIpc) is 2.18. The summed E-state index contributed by atoms with van der Waals surface area (Å²) in [5.74, 6) is 0.545. The number of benzene rings is 1. The smallest absolute Gasteiger partial charge is 0.0947 e. The number of hydrogen-bond acceptors (Lipinski definition) is 2. The summed E-state index contributed by atoms with van der Waals surface area (Å²) in [6.45, 7) is 7.67. The minimum Gasteiger partial charge on any atom is -0.372 e. The minimum atomic E-state index is 0.0345. The molecule has 0 saturated carbocycles. The van der Waals surface area contributed by atoms with E-state index in [2.05, 4.69) is 39.0 Å². The highest BCUT2D eigenvalue weighted by atomic mass is 16.5. The highest BCUT2D eigenvalue weighted by Crippen LogP contribution is 2.18. The molecule has 0 fully saturated rings. The molecule has 84 valence electrons. The van der Waals surface area contributed by atoms with Gasteiger partial charge in [0.2, 0.25) is 0 Å². The van der Waals surface area contributed by atoms with Crippen LogP contribution < -0.4 is 5.73 Å². The van der Waals surface area contributed by atoms with Crippen LogP contribution in [0.4, 0.5) is 0 Å². The van der Waals surface area contributed by atoms with Gasteiger partial charge in [-0.25, -0.2) is 0 Å². The van der Waals surface area contributed by atoms with E-state index in [1.165, 1.54) is 11.1 Å². The van der Waals surface area contributed by atoms with Crippen LogP contribution in [0.15, 0.2) is 24.3 Å². The second kappa shape index (κ2) is 5.89. The minimum absolute atomic E-state index is 0.0345. The zero-order valence-corrected chi connectivity index (χ0v) is 9.86. The second-order valence-electron chi connectivity index (χ2n) is 4.37. The molecule has 2 heteroatoms. The molecular formula is C13H21NO. The summed E-state index contributed by atoms with van der Waals surface area (Å²) >= 11 is 0. The molecule has 0 aromatic heterocycles. The Balaban J connectivity index is 2.65. The van der Waals surface area contributed by atoms with E-state index in [0.717, 1.165) is 6.61 Å². The molecule has 15 heavy (non-hydrogen) atoms. The maximum absolute atomic E-state index is 5.77. The Hall–Kier alpha value is -0.860. The number of nitrogens with two attached hydrogens (primary N) is 1. The number of aryl methyl sites for hydroxylation is 1. The first-order chi connectivity index (χ1) is 7.13. The summed E-state index contributed by atoms with van der Waals surface area (Å²) in [6.07, 6.45) is 0.0345. The third kappa shape index (κ3) is 4.02. The van der Waals surface area contributed by atoms with Gasteiger partial charge < -0.3 is 10.5 Å². The Morgan fingerprint density at radius 2 is 2.07 bits per heavy atom. The Morgan fingerprint density at radius 3 is 2.60 bits per heavy atom. The van der Waals surface area contributed by atoms with Crippen LogP contribution in [0.2, 0.25) is 0 Å². The van der Waals surface area contributed by atoms with Crippen molar-refractivity contribution in [3.63, 3.8) is 0 Å². The van der Waals surface area contributed by atoms with E-state index in [1.807, 2.05) is 6.07 Å². The van der Waals surface area contributed by atoms with Crippen LogP contribution in [-0.2, 0) is 4.74 Å². The maximum atomic E-state index is 5.77. The molecule has 0 aliphatic rings. The van der Waals surface area contributed by atoms with Crippen molar-refractivity contribution in [2.24, 2.45) is 11.7 Å². The molecule has 0 aliphatic heterocycles. The van der Waals surface area contributed by atoms with Gasteiger partial charge in [-0.15, -0.1) is 0 Å². The lowest BCUT2D eigenvalue weighted by Gasteiger charge is -2.18. The van der Waals surface area contributed by atoms with Crippen molar-refractivity contribution in [2.75, 3.05) is 13.2 Å². The van der Waals surface area contributed by atoms with Crippen LogP contribution >= 0.6 is 0 Å². The lowest BCUT2D eigenvalue weighted by molar-refractivity contribution is 0.0405. The largest absolute Gasteiger partial charge is 0.372 e. The normalized spacial score (nSPS) is 13.1. The Labute approximate surface area is 92.4 Å². The van der Waals surface area contributed by atoms with Gasteiger partial charge in [-0.3, -0.25) is 0 Å². The van der Waals surface area contributed by atoms with Gasteiger partial charge in [-0.05, 0) is 18.4 Å². The van der Waals surface area contributed by atoms with Crippen molar-refractivity contribution in [1.82, 2.24) is 0 Å². The van der Waals surface area contributed by atoms with Crippen LogP contribution in [0.25, 0.3) is 0 Å². The van der Waals surface area contributed by atoms with Crippen LogP contribution in [0, 0.1) is 12.8 Å². The van der Waals surface area contributed by atoms with E-state index in [-0.39, 0.29) is 6.10 Å². The fraction of sp³-hybridized carbons (Fsp3) is 0.538. The Morgan fingerprint density at radius 1 is 1.33 bits per heavy atom. The molecule has 0 bridgehead atoms. The topological polar surface area (TPSA) is 35.2 Å². The first-order valence-corrected chi connectivity index (χ1v) is 5.51. The monoisotopic (exact) mass is 207 g/mol.